The maximum absolute atomic E-state index is 12.5. The summed E-state index contributed by atoms with van der Waals surface area (Å²) in [6, 6.07) is 15.4. The van der Waals surface area contributed by atoms with E-state index in [1.807, 2.05) is 41.3 Å². The number of piperidine rings is 1. The van der Waals surface area contributed by atoms with Crippen molar-refractivity contribution in [2.24, 2.45) is 0 Å². The fourth-order valence-electron chi connectivity index (χ4n) is 3.63. The molecule has 2 atom stereocenters. The Morgan fingerprint density at radius 2 is 1.66 bits per heavy atom. The van der Waals surface area contributed by atoms with Crippen LogP contribution in [0.5, 0.6) is 0 Å². The summed E-state index contributed by atoms with van der Waals surface area (Å²) in [7, 11) is 0. The smallest absolute Gasteiger partial charge is 0.338 e. The Kier molecular flexibility index (Phi) is 7.62. The maximum Gasteiger partial charge on any atom is 0.338 e. The number of benzene rings is 2. The van der Waals surface area contributed by atoms with E-state index in [2.05, 4.69) is 13.8 Å². The number of halogens is 1. The molecule has 1 amide bonds. The molecule has 154 valence electrons. The normalized spacial score (nSPS) is 19.1. The van der Waals surface area contributed by atoms with Gasteiger partial charge in [0.15, 0.2) is 6.61 Å². The number of nitrogens with zero attached hydrogens (tertiary/aromatic N) is 1. The monoisotopic (exact) mass is 431 g/mol. The van der Waals surface area contributed by atoms with E-state index in [1.165, 1.54) is 0 Å². The molecule has 0 radical (unpaired) electrons. The molecule has 0 aromatic heterocycles. The first-order chi connectivity index (χ1) is 13.9. The Morgan fingerprint density at radius 1 is 1.03 bits per heavy atom. The number of likely N-dealkylation sites (tertiary alicyclic amines) is 1. The van der Waals surface area contributed by atoms with Gasteiger partial charge in [0.1, 0.15) is 0 Å². The van der Waals surface area contributed by atoms with Gasteiger partial charge < -0.3 is 9.64 Å². The third-order valence-corrected chi connectivity index (χ3v) is 6.55. The molecule has 4 nitrogen and oxygen atoms in total. The molecule has 3 rings (SSSR count). The summed E-state index contributed by atoms with van der Waals surface area (Å²) in [5.74, 6) is 0.210. The molecule has 1 fully saturated rings. The molecule has 0 saturated carbocycles. The highest BCUT2D eigenvalue weighted by Crippen LogP contribution is 2.25. The summed E-state index contributed by atoms with van der Waals surface area (Å²) in [4.78, 5) is 27.8. The van der Waals surface area contributed by atoms with Gasteiger partial charge in [-0.1, -0.05) is 23.7 Å². The van der Waals surface area contributed by atoms with Crippen LogP contribution in [0.4, 0.5) is 0 Å². The third kappa shape index (κ3) is 6.00. The molecule has 0 aliphatic carbocycles. The summed E-state index contributed by atoms with van der Waals surface area (Å²) < 4.78 is 5.27. The van der Waals surface area contributed by atoms with Crippen LogP contribution in [0.2, 0.25) is 5.02 Å². The molecule has 1 heterocycles. The molecule has 0 bridgehead atoms. The van der Waals surface area contributed by atoms with E-state index in [4.69, 9.17) is 16.3 Å². The predicted molar refractivity (Wildman–Crippen MR) is 117 cm³/mol. The molecule has 29 heavy (non-hydrogen) atoms. The minimum Gasteiger partial charge on any atom is -0.452 e. The van der Waals surface area contributed by atoms with Crippen LogP contribution in [0.1, 0.15) is 49.0 Å². The zero-order chi connectivity index (χ0) is 20.8. The van der Waals surface area contributed by atoms with Crippen molar-refractivity contribution in [1.82, 2.24) is 4.90 Å². The first-order valence-corrected chi connectivity index (χ1v) is 11.3. The van der Waals surface area contributed by atoms with Crippen LogP contribution >= 0.6 is 23.4 Å². The molecule has 2 aromatic rings. The highest BCUT2D eigenvalue weighted by atomic mass is 35.5. The summed E-state index contributed by atoms with van der Waals surface area (Å²) in [6.45, 7) is 3.90. The lowest BCUT2D eigenvalue weighted by Crippen LogP contribution is -2.49. The summed E-state index contributed by atoms with van der Waals surface area (Å²) >= 11 is 7.60. The van der Waals surface area contributed by atoms with Crippen LogP contribution in [0, 0.1) is 0 Å². The largest absolute Gasteiger partial charge is 0.452 e. The third-order valence-electron chi connectivity index (χ3n) is 5.22. The number of thioether (sulfide) groups is 1. The predicted octanol–water partition coefficient (Wildman–Crippen LogP) is 5.58. The van der Waals surface area contributed by atoms with Gasteiger partial charge in [-0.15, -0.1) is 11.8 Å². The van der Waals surface area contributed by atoms with Crippen molar-refractivity contribution in [2.75, 3.05) is 6.61 Å². The molecular formula is C23H26ClNO3S. The first kappa shape index (κ1) is 21.7. The van der Waals surface area contributed by atoms with Crippen LogP contribution in [0.15, 0.2) is 53.4 Å². The molecule has 0 spiro atoms. The van der Waals surface area contributed by atoms with Crippen molar-refractivity contribution < 1.29 is 14.3 Å². The second kappa shape index (κ2) is 10.2. The molecule has 2 aromatic carbocycles. The van der Waals surface area contributed by atoms with E-state index in [0.717, 1.165) is 40.5 Å². The fraction of sp³-hybridized carbons (Fsp3) is 0.391. The Morgan fingerprint density at radius 3 is 2.28 bits per heavy atom. The van der Waals surface area contributed by atoms with E-state index in [9.17, 15) is 9.59 Å². The second-order valence-corrected chi connectivity index (χ2v) is 8.93. The van der Waals surface area contributed by atoms with Crippen molar-refractivity contribution in [1.29, 1.82) is 0 Å². The molecule has 0 N–H and O–H groups in total. The van der Waals surface area contributed by atoms with Crippen LogP contribution in [0.3, 0.4) is 0 Å². The topological polar surface area (TPSA) is 46.6 Å². The molecule has 1 aliphatic heterocycles. The SMILES string of the molecule is CC1CCCC(C)N1C(=O)COC(=O)c1ccc(CSc2ccc(Cl)cc2)cc1. The highest BCUT2D eigenvalue weighted by molar-refractivity contribution is 7.98. The van der Waals surface area contributed by atoms with Gasteiger partial charge in [0, 0.05) is 27.8 Å². The minimum absolute atomic E-state index is 0.117. The number of carbonyl (C=O) groups excluding carboxylic acids is 2. The lowest BCUT2D eigenvalue weighted by molar-refractivity contribution is -0.140. The number of hydrogen-bond acceptors (Lipinski definition) is 4. The molecule has 1 saturated heterocycles. The van der Waals surface area contributed by atoms with E-state index < -0.39 is 5.97 Å². The standard InChI is InChI=1S/C23H26ClNO3S/c1-16-4-3-5-17(2)25(16)22(26)14-28-23(27)19-8-6-18(7-9-19)15-29-21-12-10-20(24)11-13-21/h6-13,16-17H,3-5,14-15H2,1-2H3. The quantitative estimate of drug-likeness (QED) is 0.442. The van der Waals surface area contributed by atoms with E-state index in [1.54, 1.807) is 23.9 Å². The average molecular weight is 432 g/mol. The maximum atomic E-state index is 12.5. The highest BCUT2D eigenvalue weighted by Gasteiger charge is 2.29. The van der Waals surface area contributed by atoms with Crippen LogP contribution in [-0.2, 0) is 15.3 Å². The van der Waals surface area contributed by atoms with E-state index >= 15 is 0 Å². The fourth-order valence-corrected chi connectivity index (χ4v) is 4.61. The lowest BCUT2D eigenvalue weighted by Gasteiger charge is -2.38. The van der Waals surface area contributed by atoms with Crippen molar-refractivity contribution >= 4 is 35.2 Å². The van der Waals surface area contributed by atoms with Gasteiger partial charge in [-0.05, 0) is 75.1 Å². The Labute approximate surface area is 181 Å². The zero-order valence-corrected chi connectivity index (χ0v) is 18.3. The summed E-state index contributed by atoms with van der Waals surface area (Å²) in [6.07, 6.45) is 3.13. The van der Waals surface area contributed by atoms with Crippen molar-refractivity contribution in [3.63, 3.8) is 0 Å². The first-order valence-electron chi connectivity index (χ1n) is 9.89. The van der Waals surface area contributed by atoms with Crippen molar-refractivity contribution in [2.45, 2.75) is 55.8 Å². The van der Waals surface area contributed by atoms with Gasteiger partial charge in [-0.3, -0.25) is 4.79 Å². The molecule has 6 heteroatoms. The number of carbonyl (C=O) groups is 2. The van der Waals surface area contributed by atoms with Gasteiger partial charge >= 0.3 is 5.97 Å². The number of ether oxygens (including phenoxy) is 1. The number of rotatable bonds is 6. The summed E-state index contributed by atoms with van der Waals surface area (Å²) in [5.41, 5.74) is 1.56. The summed E-state index contributed by atoms with van der Waals surface area (Å²) in [5, 5.41) is 0.722. The minimum atomic E-state index is -0.465. The Hall–Kier alpha value is -1.98. The van der Waals surface area contributed by atoms with Gasteiger partial charge in [0.05, 0.1) is 5.56 Å². The number of hydrogen-bond donors (Lipinski definition) is 0. The van der Waals surface area contributed by atoms with Gasteiger partial charge in [-0.2, -0.15) is 0 Å². The number of amides is 1. The van der Waals surface area contributed by atoms with Crippen molar-refractivity contribution in [3.05, 3.63) is 64.7 Å². The molecule has 1 aliphatic rings. The molecule has 2 unspecified atom stereocenters. The van der Waals surface area contributed by atoms with Crippen molar-refractivity contribution in [3.8, 4) is 0 Å². The van der Waals surface area contributed by atoms with Crippen LogP contribution in [-0.4, -0.2) is 35.5 Å². The van der Waals surface area contributed by atoms with Crippen LogP contribution in [0.25, 0.3) is 0 Å². The van der Waals surface area contributed by atoms with E-state index in [0.29, 0.717) is 5.56 Å². The second-order valence-electron chi connectivity index (χ2n) is 7.45. The number of esters is 1. The Bertz CT molecular complexity index is 828. The van der Waals surface area contributed by atoms with E-state index in [-0.39, 0.29) is 24.6 Å². The lowest BCUT2D eigenvalue weighted by atomic mass is 9.97. The van der Waals surface area contributed by atoms with Gasteiger partial charge in [0.25, 0.3) is 5.91 Å². The zero-order valence-electron chi connectivity index (χ0n) is 16.8. The van der Waals surface area contributed by atoms with Gasteiger partial charge in [0.2, 0.25) is 0 Å². The average Bonchev–Trinajstić information content (AvgIpc) is 2.72. The van der Waals surface area contributed by atoms with Gasteiger partial charge in [-0.25, -0.2) is 4.79 Å². The molecular weight excluding hydrogens is 406 g/mol. The van der Waals surface area contributed by atoms with Crippen LogP contribution < -0.4 is 0 Å². The Balaban J connectivity index is 1.49.